The van der Waals surface area contributed by atoms with Crippen molar-refractivity contribution in [2.24, 2.45) is 5.92 Å². The zero-order chi connectivity index (χ0) is 17.8. The van der Waals surface area contributed by atoms with Crippen LogP contribution in [-0.4, -0.2) is 61.1 Å². The molecule has 0 radical (unpaired) electrons. The smallest absolute Gasteiger partial charge is 0.321 e. The maximum atomic E-state index is 12.7. The van der Waals surface area contributed by atoms with E-state index >= 15 is 0 Å². The van der Waals surface area contributed by atoms with Gasteiger partial charge in [0.25, 0.3) is 0 Å². The minimum Gasteiger partial charge on any atom is -0.378 e. The molecule has 2 aliphatic rings. The molecule has 1 aromatic carbocycles. The van der Waals surface area contributed by atoms with Crippen molar-refractivity contribution >= 4 is 17.6 Å². The number of aryl methyl sites for hydroxylation is 1. The molecule has 0 unspecified atom stereocenters. The SMILES string of the molecule is Cc1cccc(NC(=O)N2CCC[C@@H](C(=O)N3CCOCC3)C2)c1C. The molecule has 0 aliphatic carbocycles. The molecule has 6 nitrogen and oxygen atoms in total. The van der Waals surface area contributed by atoms with Crippen molar-refractivity contribution in [3.05, 3.63) is 29.3 Å². The van der Waals surface area contributed by atoms with Gasteiger partial charge in [0.15, 0.2) is 0 Å². The topological polar surface area (TPSA) is 61.9 Å². The summed E-state index contributed by atoms with van der Waals surface area (Å²) in [4.78, 5) is 29.0. The molecule has 1 aromatic rings. The first-order valence-electron chi connectivity index (χ1n) is 9.05. The number of morpholine rings is 1. The standard InChI is InChI=1S/C19H27N3O3/c1-14-5-3-7-17(15(14)2)20-19(24)22-8-4-6-16(13-22)18(23)21-9-11-25-12-10-21/h3,5,7,16H,4,6,8-13H2,1-2H3,(H,20,24)/t16-/m1/s1. The molecule has 0 aromatic heterocycles. The van der Waals surface area contributed by atoms with Gasteiger partial charge in [-0.25, -0.2) is 4.79 Å². The molecule has 0 saturated carbocycles. The Morgan fingerprint density at radius 2 is 1.88 bits per heavy atom. The zero-order valence-electron chi connectivity index (χ0n) is 15.1. The zero-order valence-corrected chi connectivity index (χ0v) is 15.1. The number of piperidine rings is 1. The van der Waals surface area contributed by atoms with Gasteiger partial charge in [-0.2, -0.15) is 0 Å². The number of hydrogen-bond donors (Lipinski definition) is 1. The Morgan fingerprint density at radius 1 is 1.12 bits per heavy atom. The number of nitrogens with one attached hydrogen (secondary N) is 1. The van der Waals surface area contributed by atoms with E-state index in [2.05, 4.69) is 5.32 Å². The molecular weight excluding hydrogens is 318 g/mol. The number of benzene rings is 1. The van der Waals surface area contributed by atoms with E-state index in [1.54, 1.807) is 4.90 Å². The Balaban J connectivity index is 1.61. The third kappa shape index (κ3) is 4.12. The monoisotopic (exact) mass is 345 g/mol. The molecule has 0 spiro atoms. The molecule has 25 heavy (non-hydrogen) atoms. The number of carbonyl (C=O) groups is 2. The van der Waals surface area contributed by atoms with Crippen LogP contribution in [0, 0.1) is 19.8 Å². The van der Waals surface area contributed by atoms with Crippen molar-refractivity contribution in [3.63, 3.8) is 0 Å². The van der Waals surface area contributed by atoms with Gasteiger partial charge in [-0.05, 0) is 43.9 Å². The number of hydrogen-bond acceptors (Lipinski definition) is 3. The fourth-order valence-corrected chi connectivity index (χ4v) is 3.49. The van der Waals surface area contributed by atoms with E-state index in [1.807, 2.05) is 36.9 Å². The van der Waals surface area contributed by atoms with Gasteiger partial charge in [0.1, 0.15) is 0 Å². The van der Waals surface area contributed by atoms with E-state index in [4.69, 9.17) is 4.74 Å². The van der Waals surface area contributed by atoms with Gasteiger partial charge in [0.05, 0.1) is 19.1 Å². The third-order valence-electron chi connectivity index (χ3n) is 5.23. The molecule has 2 heterocycles. The number of carbonyl (C=O) groups excluding carboxylic acids is 2. The van der Waals surface area contributed by atoms with Gasteiger partial charge in [0, 0.05) is 31.9 Å². The second-order valence-corrected chi connectivity index (χ2v) is 6.90. The highest BCUT2D eigenvalue weighted by molar-refractivity contribution is 5.91. The second-order valence-electron chi connectivity index (χ2n) is 6.90. The van der Waals surface area contributed by atoms with E-state index in [9.17, 15) is 9.59 Å². The predicted molar refractivity (Wildman–Crippen MR) is 96.6 cm³/mol. The summed E-state index contributed by atoms with van der Waals surface area (Å²) >= 11 is 0. The molecule has 2 saturated heterocycles. The molecule has 1 atom stereocenters. The molecule has 2 fully saturated rings. The number of anilines is 1. The predicted octanol–water partition coefficient (Wildman–Crippen LogP) is 2.41. The highest BCUT2D eigenvalue weighted by Gasteiger charge is 2.32. The van der Waals surface area contributed by atoms with E-state index < -0.39 is 0 Å². The van der Waals surface area contributed by atoms with Crippen LogP contribution >= 0.6 is 0 Å². The second kappa shape index (κ2) is 7.87. The van der Waals surface area contributed by atoms with Crippen LogP contribution in [0.15, 0.2) is 18.2 Å². The van der Waals surface area contributed by atoms with Crippen molar-refractivity contribution in [2.45, 2.75) is 26.7 Å². The van der Waals surface area contributed by atoms with Crippen LogP contribution in [0.1, 0.15) is 24.0 Å². The van der Waals surface area contributed by atoms with Crippen molar-refractivity contribution in [1.29, 1.82) is 0 Å². The molecule has 3 rings (SSSR count). The van der Waals surface area contributed by atoms with Crippen molar-refractivity contribution in [2.75, 3.05) is 44.7 Å². The fourth-order valence-electron chi connectivity index (χ4n) is 3.49. The number of ether oxygens (including phenoxy) is 1. The summed E-state index contributed by atoms with van der Waals surface area (Å²) < 4.78 is 5.32. The van der Waals surface area contributed by atoms with Gasteiger partial charge < -0.3 is 19.9 Å². The highest BCUT2D eigenvalue weighted by atomic mass is 16.5. The molecule has 2 aliphatic heterocycles. The summed E-state index contributed by atoms with van der Waals surface area (Å²) in [5, 5.41) is 3.00. The van der Waals surface area contributed by atoms with Gasteiger partial charge >= 0.3 is 6.03 Å². The highest BCUT2D eigenvalue weighted by Crippen LogP contribution is 2.22. The minimum absolute atomic E-state index is 0.101. The van der Waals surface area contributed by atoms with Crippen LogP contribution < -0.4 is 5.32 Å². The average molecular weight is 345 g/mol. The average Bonchev–Trinajstić information content (AvgIpc) is 2.65. The van der Waals surface area contributed by atoms with Gasteiger partial charge in [-0.3, -0.25) is 4.79 Å². The number of likely N-dealkylation sites (tertiary alicyclic amines) is 1. The Labute approximate surface area is 149 Å². The maximum Gasteiger partial charge on any atom is 0.321 e. The summed E-state index contributed by atoms with van der Waals surface area (Å²) in [5.41, 5.74) is 3.07. The van der Waals surface area contributed by atoms with E-state index in [-0.39, 0.29) is 17.9 Å². The molecule has 0 bridgehead atoms. The van der Waals surface area contributed by atoms with Crippen LogP contribution in [0.5, 0.6) is 0 Å². The molecule has 3 amide bonds. The van der Waals surface area contributed by atoms with Gasteiger partial charge in [-0.1, -0.05) is 12.1 Å². The van der Waals surface area contributed by atoms with Crippen LogP contribution in [0.3, 0.4) is 0 Å². The normalized spacial score (nSPS) is 21.1. The summed E-state index contributed by atoms with van der Waals surface area (Å²) in [6, 6.07) is 5.77. The quantitative estimate of drug-likeness (QED) is 0.895. The van der Waals surface area contributed by atoms with E-state index in [0.717, 1.165) is 29.7 Å². The lowest BCUT2D eigenvalue weighted by molar-refractivity contribution is -0.141. The number of nitrogens with zero attached hydrogens (tertiary/aromatic N) is 2. The Kier molecular flexibility index (Phi) is 5.58. The number of amides is 3. The molecular formula is C19H27N3O3. The lowest BCUT2D eigenvalue weighted by Gasteiger charge is -2.36. The molecule has 1 N–H and O–H groups in total. The Hall–Kier alpha value is -2.08. The lowest BCUT2D eigenvalue weighted by atomic mass is 9.96. The Bertz CT molecular complexity index is 641. The Morgan fingerprint density at radius 3 is 2.64 bits per heavy atom. The van der Waals surface area contributed by atoms with E-state index in [1.165, 1.54) is 0 Å². The van der Waals surface area contributed by atoms with Gasteiger partial charge in [-0.15, -0.1) is 0 Å². The summed E-state index contributed by atoms with van der Waals surface area (Å²) in [5.74, 6) is 0.0590. The first kappa shape index (κ1) is 17.7. The first-order valence-corrected chi connectivity index (χ1v) is 9.05. The van der Waals surface area contributed by atoms with Crippen LogP contribution in [0.2, 0.25) is 0 Å². The largest absolute Gasteiger partial charge is 0.378 e. The summed E-state index contributed by atoms with van der Waals surface area (Å²) in [6.45, 7) is 7.75. The van der Waals surface area contributed by atoms with Crippen molar-refractivity contribution < 1.29 is 14.3 Å². The number of urea groups is 1. The maximum absolute atomic E-state index is 12.7. The summed E-state index contributed by atoms with van der Waals surface area (Å²) in [7, 11) is 0. The van der Waals surface area contributed by atoms with E-state index in [0.29, 0.717) is 39.4 Å². The lowest BCUT2D eigenvalue weighted by Crippen LogP contribution is -2.50. The summed E-state index contributed by atoms with van der Waals surface area (Å²) in [6.07, 6.45) is 1.71. The molecule has 136 valence electrons. The minimum atomic E-state index is -0.117. The van der Waals surface area contributed by atoms with Crippen molar-refractivity contribution in [1.82, 2.24) is 9.80 Å². The third-order valence-corrected chi connectivity index (χ3v) is 5.23. The first-order chi connectivity index (χ1) is 12.1. The fraction of sp³-hybridized carbons (Fsp3) is 0.579. The number of rotatable bonds is 2. The van der Waals surface area contributed by atoms with Crippen LogP contribution in [0.4, 0.5) is 10.5 Å². The van der Waals surface area contributed by atoms with Crippen LogP contribution in [0.25, 0.3) is 0 Å². The van der Waals surface area contributed by atoms with Crippen molar-refractivity contribution in [3.8, 4) is 0 Å². The van der Waals surface area contributed by atoms with Crippen LogP contribution in [-0.2, 0) is 9.53 Å². The van der Waals surface area contributed by atoms with Gasteiger partial charge in [0.2, 0.25) is 5.91 Å². The molecule has 6 heteroatoms.